The highest BCUT2D eigenvalue weighted by Gasteiger charge is 2.54. The molecule has 0 spiro atoms. The van der Waals surface area contributed by atoms with Crippen LogP contribution in [0.3, 0.4) is 0 Å². The third-order valence-electron chi connectivity index (χ3n) is 5.94. The Morgan fingerprint density at radius 1 is 1.22 bits per heavy atom. The fourth-order valence-corrected chi connectivity index (χ4v) is 4.99. The van der Waals surface area contributed by atoms with Gasteiger partial charge in [0, 0.05) is 24.9 Å². The van der Waals surface area contributed by atoms with Crippen LogP contribution >= 0.6 is 0 Å². The van der Waals surface area contributed by atoms with Crippen LogP contribution in [0.4, 0.5) is 0 Å². The van der Waals surface area contributed by atoms with Crippen molar-refractivity contribution in [3.63, 3.8) is 0 Å². The Morgan fingerprint density at radius 3 is 2.70 bits per heavy atom. The minimum atomic E-state index is -0.0854. The van der Waals surface area contributed by atoms with Crippen LogP contribution in [-0.4, -0.2) is 64.2 Å². The topological polar surface area (TPSA) is 64.0 Å². The van der Waals surface area contributed by atoms with Gasteiger partial charge in [-0.05, 0) is 49.5 Å². The lowest BCUT2D eigenvalue weighted by atomic mass is 9.75. The molecule has 4 heterocycles. The van der Waals surface area contributed by atoms with Crippen LogP contribution in [0, 0.1) is 5.92 Å². The maximum Gasteiger partial charge on any atom is 0.225 e. The first kappa shape index (κ1) is 15.0. The van der Waals surface area contributed by atoms with Crippen molar-refractivity contribution >= 4 is 5.91 Å². The van der Waals surface area contributed by atoms with Crippen molar-refractivity contribution in [1.29, 1.82) is 0 Å². The van der Waals surface area contributed by atoms with Gasteiger partial charge >= 0.3 is 0 Å². The van der Waals surface area contributed by atoms with E-state index < -0.39 is 0 Å². The van der Waals surface area contributed by atoms with E-state index in [1.54, 1.807) is 6.07 Å². The van der Waals surface area contributed by atoms with E-state index in [1.807, 2.05) is 17.0 Å². The predicted octanol–water partition coefficient (Wildman–Crippen LogP) is 1.16. The molecule has 4 aliphatic rings. The molecule has 5 nitrogen and oxygen atoms in total. The van der Waals surface area contributed by atoms with E-state index in [1.165, 1.54) is 0 Å². The van der Waals surface area contributed by atoms with Crippen LogP contribution in [0.1, 0.15) is 30.7 Å². The smallest absolute Gasteiger partial charge is 0.225 e. The second-order valence-corrected chi connectivity index (χ2v) is 7.08. The number of carbonyl (C=O) groups is 1. The summed E-state index contributed by atoms with van der Waals surface area (Å²) in [5.74, 6) is 1.18. The van der Waals surface area contributed by atoms with E-state index in [9.17, 15) is 9.90 Å². The van der Waals surface area contributed by atoms with Gasteiger partial charge in [0.05, 0.1) is 12.6 Å². The van der Waals surface area contributed by atoms with E-state index in [2.05, 4.69) is 11.0 Å². The number of likely N-dealkylation sites (tertiary alicyclic amines) is 1. The van der Waals surface area contributed by atoms with Gasteiger partial charge in [0.2, 0.25) is 5.91 Å². The van der Waals surface area contributed by atoms with Gasteiger partial charge in [-0.3, -0.25) is 9.69 Å². The number of aliphatic hydroxyl groups excluding tert-OH is 1. The van der Waals surface area contributed by atoms with Crippen molar-refractivity contribution in [1.82, 2.24) is 9.80 Å². The summed E-state index contributed by atoms with van der Waals surface area (Å²) in [4.78, 5) is 17.1. The van der Waals surface area contributed by atoms with E-state index in [4.69, 9.17) is 5.11 Å². The van der Waals surface area contributed by atoms with E-state index in [-0.39, 0.29) is 36.6 Å². The molecule has 0 saturated carbocycles. The lowest BCUT2D eigenvalue weighted by Crippen LogP contribution is -2.60. The SMILES string of the molecule is O=C(CCO)N1C[C@@H](c2cccc(O)c2)[C@@H]2[C@H]1C1CCN2CC1. The number of hydrogen-bond donors (Lipinski definition) is 2. The van der Waals surface area contributed by atoms with Gasteiger partial charge in [0.15, 0.2) is 0 Å². The second-order valence-electron chi connectivity index (χ2n) is 7.08. The van der Waals surface area contributed by atoms with E-state index in [0.717, 1.165) is 31.5 Å². The largest absolute Gasteiger partial charge is 0.508 e. The highest BCUT2D eigenvalue weighted by atomic mass is 16.3. The number of benzene rings is 1. The molecule has 2 N–H and O–H groups in total. The maximum absolute atomic E-state index is 12.5. The Morgan fingerprint density at radius 2 is 2.00 bits per heavy atom. The molecule has 1 aromatic rings. The van der Waals surface area contributed by atoms with Crippen LogP contribution in [0.5, 0.6) is 5.75 Å². The Labute approximate surface area is 136 Å². The summed E-state index contributed by atoms with van der Waals surface area (Å²) in [5, 5.41) is 19.0. The van der Waals surface area contributed by atoms with Gasteiger partial charge in [-0.2, -0.15) is 0 Å². The molecule has 0 unspecified atom stereocenters. The minimum absolute atomic E-state index is 0.0684. The molecule has 4 fully saturated rings. The summed E-state index contributed by atoms with van der Waals surface area (Å²) in [6.45, 7) is 2.84. The highest BCUT2D eigenvalue weighted by Crippen LogP contribution is 2.46. The molecule has 1 aromatic carbocycles. The van der Waals surface area contributed by atoms with Crippen molar-refractivity contribution in [2.75, 3.05) is 26.2 Å². The zero-order chi connectivity index (χ0) is 16.0. The third-order valence-corrected chi connectivity index (χ3v) is 5.94. The Kier molecular flexibility index (Phi) is 3.77. The molecule has 4 saturated heterocycles. The number of phenolic OH excluding ortho intramolecular Hbond substituents is 1. The number of rotatable bonds is 3. The summed E-state index contributed by atoms with van der Waals surface area (Å²) in [6, 6.07) is 8.10. The molecule has 4 aliphatic heterocycles. The van der Waals surface area contributed by atoms with Gasteiger partial charge in [-0.1, -0.05) is 12.1 Å². The summed E-state index contributed by atoms with van der Waals surface area (Å²) in [7, 11) is 0. The van der Waals surface area contributed by atoms with Gasteiger partial charge in [-0.15, -0.1) is 0 Å². The van der Waals surface area contributed by atoms with Crippen LogP contribution in [0.25, 0.3) is 0 Å². The van der Waals surface area contributed by atoms with Crippen molar-refractivity contribution in [2.45, 2.75) is 37.3 Å². The molecule has 0 aliphatic carbocycles. The first-order valence-corrected chi connectivity index (χ1v) is 8.62. The van der Waals surface area contributed by atoms with Crippen molar-refractivity contribution in [3.05, 3.63) is 29.8 Å². The average Bonchev–Trinajstić information content (AvgIpc) is 2.99. The number of piperidine rings is 3. The number of phenols is 1. The zero-order valence-electron chi connectivity index (χ0n) is 13.3. The molecule has 3 atom stereocenters. The third kappa shape index (κ3) is 2.42. The number of fused-ring (bicyclic) bond motifs is 2. The number of hydrogen-bond acceptors (Lipinski definition) is 4. The fraction of sp³-hybridized carbons (Fsp3) is 0.611. The number of aliphatic hydroxyl groups is 1. The zero-order valence-corrected chi connectivity index (χ0v) is 13.3. The van der Waals surface area contributed by atoms with Crippen LogP contribution in [-0.2, 0) is 4.79 Å². The van der Waals surface area contributed by atoms with Gasteiger partial charge in [0.25, 0.3) is 0 Å². The van der Waals surface area contributed by atoms with Crippen LogP contribution in [0.2, 0.25) is 0 Å². The molecule has 1 amide bonds. The van der Waals surface area contributed by atoms with Gasteiger partial charge < -0.3 is 15.1 Å². The first-order valence-electron chi connectivity index (χ1n) is 8.62. The van der Waals surface area contributed by atoms with Crippen molar-refractivity contribution in [2.24, 2.45) is 5.92 Å². The number of amides is 1. The van der Waals surface area contributed by atoms with E-state index >= 15 is 0 Å². The van der Waals surface area contributed by atoms with Crippen LogP contribution in [0.15, 0.2) is 24.3 Å². The summed E-state index contributed by atoms with van der Waals surface area (Å²) in [5.41, 5.74) is 1.12. The Hall–Kier alpha value is -1.59. The maximum atomic E-state index is 12.5. The fourth-order valence-electron chi connectivity index (χ4n) is 4.99. The Bertz CT molecular complexity index is 598. The standard InChI is InChI=1S/C18H24N2O3/c21-9-6-16(23)20-11-15(13-2-1-3-14(22)10-13)18-17(20)12-4-7-19(18)8-5-12/h1-3,10,12,15,17-18,21-22H,4-9,11H2/t15-,17+,18+/m0/s1. The lowest BCUT2D eigenvalue weighted by Gasteiger charge is -2.51. The van der Waals surface area contributed by atoms with Gasteiger partial charge in [0.1, 0.15) is 5.75 Å². The van der Waals surface area contributed by atoms with Crippen LogP contribution < -0.4 is 0 Å². The van der Waals surface area contributed by atoms with Crippen molar-refractivity contribution < 1.29 is 15.0 Å². The van der Waals surface area contributed by atoms with Crippen molar-refractivity contribution in [3.8, 4) is 5.75 Å². The lowest BCUT2D eigenvalue weighted by molar-refractivity contribution is -0.136. The molecule has 5 rings (SSSR count). The highest BCUT2D eigenvalue weighted by molar-refractivity contribution is 5.77. The predicted molar refractivity (Wildman–Crippen MR) is 86.1 cm³/mol. The molecule has 124 valence electrons. The van der Waals surface area contributed by atoms with E-state index in [0.29, 0.717) is 18.5 Å². The minimum Gasteiger partial charge on any atom is -0.508 e. The molecular formula is C18H24N2O3. The molecular weight excluding hydrogens is 292 g/mol. The first-order chi connectivity index (χ1) is 11.2. The summed E-state index contributed by atoms with van der Waals surface area (Å²) >= 11 is 0. The molecule has 2 bridgehead atoms. The molecule has 23 heavy (non-hydrogen) atoms. The monoisotopic (exact) mass is 316 g/mol. The molecule has 0 aromatic heterocycles. The average molecular weight is 316 g/mol. The van der Waals surface area contributed by atoms with Gasteiger partial charge in [-0.25, -0.2) is 0 Å². The molecule has 0 radical (unpaired) electrons. The number of carbonyl (C=O) groups excluding carboxylic acids is 1. The number of aromatic hydroxyl groups is 1. The summed E-state index contributed by atoms with van der Waals surface area (Å²) in [6.07, 6.45) is 2.54. The quantitative estimate of drug-likeness (QED) is 0.878. The second kappa shape index (κ2) is 5.80. The number of nitrogens with zero attached hydrogens (tertiary/aromatic N) is 2. The molecule has 5 heteroatoms. The Balaban J connectivity index is 1.69. The normalized spacial score (nSPS) is 35.3. The summed E-state index contributed by atoms with van der Waals surface area (Å²) < 4.78 is 0.